The second-order valence-electron chi connectivity index (χ2n) is 10.2. The predicted molar refractivity (Wildman–Crippen MR) is 143 cm³/mol. The van der Waals surface area contributed by atoms with Crippen molar-refractivity contribution in [3.8, 4) is 0 Å². The first-order valence-corrected chi connectivity index (χ1v) is 13.8. The molecule has 194 valence electrons. The number of imide groups is 1. The fourth-order valence-electron chi connectivity index (χ4n) is 5.53. The lowest BCUT2D eigenvalue weighted by atomic mass is 10.0. The van der Waals surface area contributed by atoms with E-state index in [1.54, 1.807) is 4.90 Å². The molecule has 3 aliphatic rings. The molecule has 1 N–H and O–H groups in total. The summed E-state index contributed by atoms with van der Waals surface area (Å²) in [5.41, 5.74) is 5.58. The molecule has 2 saturated heterocycles. The third-order valence-corrected chi connectivity index (χ3v) is 8.58. The van der Waals surface area contributed by atoms with Crippen LogP contribution in [0.2, 0.25) is 0 Å². The number of likely N-dealkylation sites (tertiary alicyclic amines) is 1. The zero-order valence-electron chi connectivity index (χ0n) is 21.4. The summed E-state index contributed by atoms with van der Waals surface area (Å²) in [6.07, 6.45) is 0.629. The Hall–Kier alpha value is -3.56. The van der Waals surface area contributed by atoms with Gasteiger partial charge in [-0.3, -0.25) is 34.6 Å². The fourth-order valence-corrected chi connectivity index (χ4v) is 6.80. The van der Waals surface area contributed by atoms with Crippen LogP contribution in [0.3, 0.4) is 0 Å². The third kappa shape index (κ3) is 4.72. The second kappa shape index (κ2) is 9.96. The number of carbonyl (C=O) groups is 3. The van der Waals surface area contributed by atoms with Crippen LogP contribution in [0, 0.1) is 13.8 Å². The van der Waals surface area contributed by atoms with E-state index in [-0.39, 0.29) is 30.2 Å². The summed E-state index contributed by atoms with van der Waals surface area (Å²) >= 11 is 1.82. The van der Waals surface area contributed by atoms with Gasteiger partial charge in [0.25, 0.3) is 5.91 Å². The van der Waals surface area contributed by atoms with E-state index in [0.29, 0.717) is 23.8 Å². The number of rotatable bonds is 6. The molecule has 38 heavy (non-hydrogen) atoms. The Bertz CT molecular complexity index is 1390. The van der Waals surface area contributed by atoms with E-state index >= 15 is 0 Å². The molecule has 2 aromatic heterocycles. The van der Waals surface area contributed by atoms with Gasteiger partial charge in [-0.1, -0.05) is 12.1 Å². The van der Waals surface area contributed by atoms with Crippen molar-refractivity contribution in [3.63, 3.8) is 0 Å². The van der Waals surface area contributed by atoms with Gasteiger partial charge in [-0.15, -0.1) is 11.8 Å². The van der Waals surface area contributed by atoms with Crippen molar-refractivity contribution < 1.29 is 14.4 Å². The highest BCUT2D eigenvalue weighted by Crippen LogP contribution is 2.38. The quantitative estimate of drug-likeness (QED) is 0.491. The van der Waals surface area contributed by atoms with Crippen LogP contribution >= 0.6 is 11.8 Å². The zero-order chi connectivity index (χ0) is 26.4. The summed E-state index contributed by atoms with van der Waals surface area (Å²) in [5, 5.41) is 2.77. The maximum Gasteiger partial charge on any atom is 0.255 e. The molecule has 1 atom stereocenters. The molecule has 6 rings (SSSR count). The number of hydrogen-bond donors (Lipinski definition) is 1. The number of benzene rings is 1. The number of pyridine rings is 2. The highest BCUT2D eigenvalue weighted by Gasteiger charge is 2.40. The van der Waals surface area contributed by atoms with Crippen LogP contribution in [0.5, 0.6) is 0 Å². The molecular formula is C29H29N5O3S. The van der Waals surface area contributed by atoms with Gasteiger partial charge in [-0.25, -0.2) is 0 Å². The van der Waals surface area contributed by atoms with Gasteiger partial charge < -0.3 is 4.90 Å². The molecule has 3 aliphatic heterocycles. The molecule has 1 aromatic carbocycles. The molecule has 1 unspecified atom stereocenters. The first-order chi connectivity index (χ1) is 18.4. The van der Waals surface area contributed by atoms with Gasteiger partial charge in [0.05, 0.1) is 17.4 Å². The normalized spacial score (nSPS) is 20.0. The van der Waals surface area contributed by atoms with Crippen LogP contribution in [0.15, 0.2) is 59.5 Å². The largest absolute Gasteiger partial charge is 0.322 e. The van der Waals surface area contributed by atoms with Crippen molar-refractivity contribution in [1.82, 2.24) is 25.1 Å². The topological polar surface area (TPSA) is 95.5 Å². The number of aromatic nitrogens is 2. The van der Waals surface area contributed by atoms with Crippen LogP contribution in [-0.2, 0) is 16.1 Å². The molecule has 3 aromatic rings. The van der Waals surface area contributed by atoms with Crippen molar-refractivity contribution in [2.75, 3.05) is 13.1 Å². The SMILES string of the molecule is Cc1cccc(C(c2cccc(C)n2)N2CC(Sc3ccc4c(c3)CN(C3CCC(=O)NC3=O)C4=O)C2)n1. The summed E-state index contributed by atoms with van der Waals surface area (Å²) < 4.78 is 0. The zero-order valence-corrected chi connectivity index (χ0v) is 22.2. The minimum absolute atomic E-state index is 0.00590. The van der Waals surface area contributed by atoms with E-state index < -0.39 is 6.04 Å². The molecule has 0 aliphatic carbocycles. The second-order valence-corrected chi connectivity index (χ2v) is 11.6. The highest BCUT2D eigenvalue weighted by atomic mass is 32.2. The number of thioether (sulfide) groups is 1. The van der Waals surface area contributed by atoms with Crippen molar-refractivity contribution in [1.29, 1.82) is 0 Å². The molecule has 5 heterocycles. The fraction of sp³-hybridized carbons (Fsp3) is 0.345. The Balaban J connectivity index is 1.14. The number of nitrogens with zero attached hydrogens (tertiary/aromatic N) is 4. The summed E-state index contributed by atoms with van der Waals surface area (Å²) in [7, 11) is 0. The van der Waals surface area contributed by atoms with E-state index in [9.17, 15) is 14.4 Å². The Labute approximate surface area is 225 Å². The van der Waals surface area contributed by atoms with E-state index in [4.69, 9.17) is 9.97 Å². The number of nitrogens with one attached hydrogen (secondary N) is 1. The van der Waals surface area contributed by atoms with Gasteiger partial charge in [0.15, 0.2) is 0 Å². The third-order valence-electron chi connectivity index (χ3n) is 7.42. The molecule has 0 bridgehead atoms. The smallest absolute Gasteiger partial charge is 0.255 e. The van der Waals surface area contributed by atoms with Gasteiger partial charge >= 0.3 is 0 Å². The number of amides is 3. The van der Waals surface area contributed by atoms with Crippen molar-refractivity contribution in [2.45, 2.75) is 55.5 Å². The lowest BCUT2D eigenvalue weighted by Crippen LogP contribution is -2.52. The minimum Gasteiger partial charge on any atom is -0.322 e. The number of piperidine rings is 1. The maximum atomic E-state index is 13.0. The first-order valence-electron chi connectivity index (χ1n) is 12.9. The number of hydrogen-bond acceptors (Lipinski definition) is 7. The Morgan fingerprint density at radius 3 is 2.26 bits per heavy atom. The molecule has 0 saturated carbocycles. The van der Waals surface area contributed by atoms with Crippen LogP contribution in [0.25, 0.3) is 0 Å². The minimum atomic E-state index is -0.591. The summed E-state index contributed by atoms with van der Waals surface area (Å²) in [6, 6.07) is 17.6. The Kier molecular flexibility index (Phi) is 6.49. The molecular weight excluding hydrogens is 498 g/mol. The van der Waals surface area contributed by atoms with Crippen molar-refractivity contribution in [2.24, 2.45) is 0 Å². The van der Waals surface area contributed by atoms with Crippen molar-refractivity contribution in [3.05, 3.63) is 88.5 Å². The van der Waals surface area contributed by atoms with Crippen molar-refractivity contribution >= 4 is 29.5 Å². The Morgan fingerprint density at radius 2 is 1.63 bits per heavy atom. The highest BCUT2D eigenvalue weighted by molar-refractivity contribution is 8.00. The van der Waals surface area contributed by atoms with Crippen LogP contribution < -0.4 is 5.32 Å². The molecule has 8 nitrogen and oxygen atoms in total. The molecule has 0 spiro atoms. The average molecular weight is 528 g/mol. The Morgan fingerprint density at radius 1 is 0.947 bits per heavy atom. The predicted octanol–water partition coefficient (Wildman–Crippen LogP) is 3.42. The molecule has 2 fully saturated rings. The monoisotopic (exact) mass is 527 g/mol. The van der Waals surface area contributed by atoms with Gasteiger partial charge in [-0.2, -0.15) is 0 Å². The molecule has 9 heteroatoms. The van der Waals surface area contributed by atoms with E-state index in [1.807, 2.05) is 49.9 Å². The lowest BCUT2D eigenvalue weighted by Gasteiger charge is -2.43. The van der Waals surface area contributed by atoms with Gasteiger partial charge in [0, 0.05) is 53.2 Å². The van der Waals surface area contributed by atoms with Crippen LogP contribution in [0.4, 0.5) is 0 Å². The van der Waals surface area contributed by atoms with Gasteiger partial charge in [-0.05, 0) is 68.3 Å². The summed E-state index contributed by atoms with van der Waals surface area (Å²) in [5.74, 6) is -0.797. The number of carbonyl (C=O) groups excluding carboxylic acids is 3. The van der Waals surface area contributed by atoms with Gasteiger partial charge in [0.2, 0.25) is 11.8 Å². The lowest BCUT2D eigenvalue weighted by molar-refractivity contribution is -0.136. The van der Waals surface area contributed by atoms with Crippen LogP contribution in [-0.4, -0.2) is 61.9 Å². The van der Waals surface area contributed by atoms with Crippen LogP contribution in [0.1, 0.15) is 57.6 Å². The molecule has 3 amide bonds. The standard InChI is InChI=1S/C29H29N5O3S/c1-17-5-3-7-23(30-17)27(24-8-4-6-18(2)31-24)33-15-21(16-33)38-20-9-10-22-19(13-20)14-34(29(22)37)25-11-12-26(35)32-28(25)36/h3-10,13,21,25,27H,11-12,14-16H2,1-2H3,(H,32,35,36). The van der Waals surface area contributed by atoms with Gasteiger partial charge in [0.1, 0.15) is 6.04 Å². The number of fused-ring (bicyclic) bond motifs is 1. The van der Waals surface area contributed by atoms with E-state index in [1.165, 1.54) is 0 Å². The summed E-state index contributed by atoms with van der Waals surface area (Å²) in [6.45, 7) is 6.22. The maximum absolute atomic E-state index is 13.0. The number of aryl methyl sites for hydroxylation is 2. The van der Waals surface area contributed by atoms with E-state index in [2.05, 4.69) is 40.5 Å². The first kappa shape index (κ1) is 24.8. The average Bonchev–Trinajstić information content (AvgIpc) is 3.18. The van der Waals surface area contributed by atoms with E-state index in [0.717, 1.165) is 46.3 Å². The molecule has 0 radical (unpaired) electrons. The summed E-state index contributed by atoms with van der Waals surface area (Å²) in [4.78, 5) is 51.6.